The molecule has 0 aliphatic carbocycles. The van der Waals surface area contributed by atoms with E-state index in [4.69, 9.17) is 0 Å². The molecule has 2 aromatic heterocycles. The lowest BCUT2D eigenvalue weighted by Gasteiger charge is -2.16. The van der Waals surface area contributed by atoms with Crippen molar-refractivity contribution in [1.82, 2.24) is 20.1 Å². The Morgan fingerprint density at radius 2 is 2.35 bits per heavy atom. The van der Waals surface area contributed by atoms with Crippen molar-refractivity contribution in [2.75, 3.05) is 6.54 Å². The maximum Gasteiger partial charge on any atom is 0.138 e. The number of aryl methyl sites for hydroxylation is 1. The fourth-order valence-electron chi connectivity index (χ4n) is 1.92. The second-order valence-electron chi connectivity index (χ2n) is 4.09. The Hall–Kier alpha value is -1.20. The quantitative estimate of drug-likeness (QED) is 0.847. The van der Waals surface area contributed by atoms with Gasteiger partial charge in [-0.25, -0.2) is 4.98 Å². The van der Waals surface area contributed by atoms with E-state index in [2.05, 4.69) is 39.1 Å². The van der Waals surface area contributed by atoms with E-state index in [0.29, 0.717) is 6.04 Å². The lowest BCUT2D eigenvalue weighted by molar-refractivity contribution is 0.499. The van der Waals surface area contributed by atoms with Crippen molar-refractivity contribution in [3.8, 4) is 0 Å². The smallest absolute Gasteiger partial charge is 0.138 e. The Balaban J connectivity index is 2.00. The summed E-state index contributed by atoms with van der Waals surface area (Å²) in [6, 6.07) is 2.61. The van der Waals surface area contributed by atoms with E-state index in [1.54, 1.807) is 17.7 Å². The fourth-order valence-corrected chi connectivity index (χ4v) is 2.61. The molecule has 0 aliphatic heterocycles. The molecule has 0 saturated heterocycles. The van der Waals surface area contributed by atoms with E-state index in [9.17, 15) is 0 Å². The second-order valence-corrected chi connectivity index (χ2v) is 4.87. The van der Waals surface area contributed by atoms with Gasteiger partial charge in [0.15, 0.2) is 0 Å². The zero-order valence-corrected chi connectivity index (χ0v) is 11.1. The Labute approximate surface area is 106 Å². The SMILES string of the molecule is CCNC(Cc1ccsc1)Cc1ncnn1C. The van der Waals surface area contributed by atoms with Gasteiger partial charge in [-0.3, -0.25) is 4.68 Å². The third-order valence-electron chi connectivity index (χ3n) is 2.79. The molecule has 1 unspecified atom stereocenters. The number of likely N-dealkylation sites (N-methyl/N-ethyl adjacent to an activating group) is 1. The molecule has 0 amide bonds. The highest BCUT2D eigenvalue weighted by molar-refractivity contribution is 7.07. The maximum atomic E-state index is 4.28. The van der Waals surface area contributed by atoms with Crippen LogP contribution < -0.4 is 5.32 Å². The van der Waals surface area contributed by atoms with E-state index < -0.39 is 0 Å². The van der Waals surface area contributed by atoms with Gasteiger partial charge in [0.05, 0.1) is 0 Å². The molecule has 0 saturated carbocycles. The molecule has 17 heavy (non-hydrogen) atoms. The van der Waals surface area contributed by atoms with E-state index in [1.807, 2.05) is 11.7 Å². The normalized spacial score (nSPS) is 12.8. The van der Waals surface area contributed by atoms with Gasteiger partial charge in [0, 0.05) is 19.5 Å². The molecule has 2 rings (SSSR count). The highest BCUT2D eigenvalue weighted by atomic mass is 32.1. The average molecular weight is 250 g/mol. The number of hydrogen-bond donors (Lipinski definition) is 1. The van der Waals surface area contributed by atoms with E-state index in [1.165, 1.54) is 5.56 Å². The second kappa shape index (κ2) is 5.93. The van der Waals surface area contributed by atoms with E-state index in [0.717, 1.165) is 25.2 Å². The average Bonchev–Trinajstić information content (AvgIpc) is 2.92. The molecular formula is C12H18N4S. The molecule has 0 bridgehead atoms. The van der Waals surface area contributed by atoms with Crippen LogP contribution in [0, 0.1) is 0 Å². The number of nitrogens with zero attached hydrogens (tertiary/aromatic N) is 3. The predicted molar refractivity (Wildman–Crippen MR) is 70.2 cm³/mol. The van der Waals surface area contributed by atoms with Crippen LogP contribution in [0.3, 0.4) is 0 Å². The summed E-state index contributed by atoms with van der Waals surface area (Å²) in [7, 11) is 1.94. The van der Waals surface area contributed by atoms with Gasteiger partial charge >= 0.3 is 0 Å². The third kappa shape index (κ3) is 3.38. The van der Waals surface area contributed by atoms with Crippen LogP contribution in [0.2, 0.25) is 0 Å². The van der Waals surface area contributed by atoms with Crippen LogP contribution in [0.1, 0.15) is 18.3 Å². The molecule has 1 atom stereocenters. The minimum absolute atomic E-state index is 0.428. The lowest BCUT2D eigenvalue weighted by atomic mass is 10.1. The summed E-state index contributed by atoms with van der Waals surface area (Å²) in [6.45, 7) is 3.12. The van der Waals surface area contributed by atoms with Gasteiger partial charge in [-0.2, -0.15) is 16.4 Å². The third-order valence-corrected chi connectivity index (χ3v) is 3.52. The first-order valence-electron chi connectivity index (χ1n) is 5.87. The summed E-state index contributed by atoms with van der Waals surface area (Å²) in [6.07, 6.45) is 3.58. The molecule has 0 spiro atoms. The first-order valence-corrected chi connectivity index (χ1v) is 6.81. The highest BCUT2D eigenvalue weighted by Gasteiger charge is 2.12. The van der Waals surface area contributed by atoms with Crippen molar-refractivity contribution in [1.29, 1.82) is 0 Å². The summed E-state index contributed by atoms with van der Waals surface area (Å²) in [5.74, 6) is 1.03. The van der Waals surface area contributed by atoms with Crippen LogP contribution in [0.4, 0.5) is 0 Å². The van der Waals surface area contributed by atoms with Crippen LogP contribution in [-0.4, -0.2) is 27.4 Å². The molecule has 0 radical (unpaired) electrons. The Morgan fingerprint density at radius 3 is 2.94 bits per heavy atom. The molecule has 0 aliphatic rings. The Morgan fingerprint density at radius 1 is 1.47 bits per heavy atom. The van der Waals surface area contributed by atoms with Gasteiger partial charge in [-0.1, -0.05) is 6.92 Å². The minimum Gasteiger partial charge on any atom is -0.313 e. The summed E-state index contributed by atoms with van der Waals surface area (Å²) in [4.78, 5) is 4.28. The van der Waals surface area contributed by atoms with Gasteiger partial charge in [0.1, 0.15) is 12.2 Å². The molecular weight excluding hydrogens is 232 g/mol. The van der Waals surface area contributed by atoms with Gasteiger partial charge in [0.25, 0.3) is 0 Å². The molecule has 2 heterocycles. The van der Waals surface area contributed by atoms with Crippen LogP contribution in [0.15, 0.2) is 23.2 Å². The summed E-state index contributed by atoms with van der Waals surface area (Å²) in [5.41, 5.74) is 1.39. The van der Waals surface area contributed by atoms with Crippen molar-refractivity contribution >= 4 is 11.3 Å². The number of hydrogen-bond acceptors (Lipinski definition) is 4. The van der Waals surface area contributed by atoms with Crippen LogP contribution in [0.5, 0.6) is 0 Å². The predicted octanol–water partition coefficient (Wildman–Crippen LogP) is 1.64. The van der Waals surface area contributed by atoms with Crippen molar-refractivity contribution in [2.45, 2.75) is 25.8 Å². The van der Waals surface area contributed by atoms with Crippen molar-refractivity contribution in [3.63, 3.8) is 0 Å². The highest BCUT2D eigenvalue weighted by Crippen LogP contribution is 2.11. The van der Waals surface area contributed by atoms with Gasteiger partial charge in [-0.15, -0.1) is 0 Å². The largest absolute Gasteiger partial charge is 0.313 e. The molecule has 0 fully saturated rings. The van der Waals surface area contributed by atoms with Crippen molar-refractivity contribution in [2.24, 2.45) is 7.05 Å². The lowest BCUT2D eigenvalue weighted by Crippen LogP contribution is -2.33. The summed E-state index contributed by atoms with van der Waals surface area (Å²) in [5, 5.41) is 12.0. The number of thiophene rings is 1. The number of nitrogens with one attached hydrogen (secondary N) is 1. The van der Waals surface area contributed by atoms with E-state index >= 15 is 0 Å². The van der Waals surface area contributed by atoms with Crippen LogP contribution in [0.25, 0.3) is 0 Å². The molecule has 2 aromatic rings. The minimum atomic E-state index is 0.428. The van der Waals surface area contributed by atoms with E-state index in [-0.39, 0.29) is 0 Å². The fraction of sp³-hybridized carbons (Fsp3) is 0.500. The van der Waals surface area contributed by atoms with Crippen molar-refractivity contribution in [3.05, 3.63) is 34.5 Å². The van der Waals surface area contributed by atoms with Crippen LogP contribution in [-0.2, 0) is 19.9 Å². The van der Waals surface area contributed by atoms with Gasteiger partial charge < -0.3 is 5.32 Å². The maximum absolute atomic E-state index is 4.28. The molecule has 1 N–H and O–H groups in total. The topological polar surface area (TPSA) is 42.7 Å². The number of aromatic nitrogens is 3. The van der Waals surface area contributed by atoms with Crippen LogP contribution >= 0.6 is 11.3 Å². The summed E-state index contributed by atoms with van der Waals surface area (Å²) < 4.78 is 1.85. The Kier molecular flexibility index (Phi) is 4.28. The standard InChI is InChI=1S/C12H18N4S/c1-3-13-11(6-10-4-5-17-8-10)7-12-14-9-15-16(12)2/h4-5,8-9,11,13H,3,6-7H2,1-2H3. The first-order chi connectivity index (χ1) is 8.29. The molecule has 4 nitrogen and oxygen atoms in total. The number of rotatable bonds is 6. The Bertz CT molecular complexity index is 435. The molecule has 5 heteroatoms. The zero-order valence-electron chi connectivity index (χ0n) is 10.3. The molecule has 0 aromatic carbocycles. The first kappa shape index (κ1) is 12.3. The zero-order chi connectivity index (χ0) is 12.1. The monoisotopic (exact) mass is 250 g/mol. The van der Waals surface area contributed by atoms with Gasteiger partial charge in [-0.05, 0) is 35.4 Å². The summed E-state index contributed by atoms with van der Waals surface area (Å²) >= 11 is 1.75. The van der Waals surface area contributed by atoms with Gasteiger partial charge in [0.2, 0.25) is 0 Å². The van der Waals surface area contributed by atoms with Crippen molar-refractivity contribution < 1.29 is 0 Å². The molecule has 92 valence electrons.